The fourth-order valence-corrected chi connectivity index (χ4v) is 2.54. The largest absolute Gasteiger partial charge is 0.514 e. The van der Waals surface area contributed by atoms with Gasteiger partial charge < -0.3 is 24.1 Å². The molecular weight excluding hydrogens is 411 g/mol. The second-order valence-electron chi connectivity index (χ2n) is 6.13. The monoisotopic (exact) mass is 430 g/mol. The van der Waals surface area contributed by atoms with Crippen molar-refractivity contribution in [3.63, 3.8) is 0 Å². The molecule has 0 aliphatic carbocycles. The molecule has 2 aromatic heterocycles. The summed E-state index contributed by atoms with van der Waals surface area (Å²) in [5, 5.41) is 6.48. The Morgan fingerprint density at radius 3 is 2.65 bits per heavy atom. The SMILES string of the molecule is CCOC(=O)Oc1c(OC)ccnc1C(=O)N[C@@H](C)c1nc(-c2ccc(F)cc2)no1. The summed E-state index contributed by atoms with van der Waals surface area (Å²) in [6.07, 6.45) is 0.326. The van der Waals surface area contributed by atoms with Crippen molar-refractivity contribution in [3.05, 3.63) is 53.9 Å². The molecule has 11 heteroatoms. The van der Waals surface area contributed by atoms with Gasteiger partial charge >= 0.3 is 6.16 Å². The van der Waals surface area contributed by atoms with Crippen molar-refractivity contribution >= 4 is 12.1 Å². The zero-order valence-electron chi connectivity index (χ0n) is 16.9. The van der Waals surface area contributed by atoms with Crippen LogP contribution in [0.25, 0.3) is 11.4 Å². The summed E-state index contributed by atoms with van der Waals surface area (Å²) in [7, 11) is 1.35. The Morgan fingerprint density at radius 1 is 1.23 bits per heavy atom. The first-order chi connectivity index (χ1) is 14.9. The molecule has 10 nitrogen and oxygen atoms in total. The summed E-state index contributed by atoms with van der Waals surface area (Å²) in [4.78, 5) is 32.7. The summed E-state index contributed by atoms with van der Waals surface area (Å²) in [5.41, 5.74) is 0.354. The second kappa shape index (κ2) is 9.65. The number of ether oxygens (including phenoxy) is 3. The lowest BCUT2D eigenvalue weighted by Gasteiger charge is -2.14. The molecule has 162 valence electrons. The first-order valence-corrected chi connectivity index (χ1v) is 9.21. The quantitative estimate of drug-likeness (QED) is 0.562. The zero-order valence-corrected chi connectivity index (χ0v) is 16.9. The maximum Gasteiger partial charge on any atom is 0.514 e. The molecule has 1 aromatic carbocycles. The minimum atomic E-state index is -1.00. The summed E-state index contributed by atoms with van der Waals surface area (Å²) in [5.74, 6) is -0.778. The highest BCUT2D eigenvalue weighted by molar-refractivity contribution is 5.96. The Hall–Kier alpha value is -4.02. The van der Waals surface area contributed by atoms with Crippen LogP contribution in [0.2, 0.25) is 0 Å². The normalized spacial score (nSPS) is 11.5. The molecule has 1 atom stereocenters. The Bertz CT molecular complexity index is 1070. The average molecular weight is 430 g/mol. The van der Waals surface area contributed by atoms with Crippen LogP contribution >= 0.6 is 0 Å². The van der Waals surface area contributed by atoms with E-state index in [0.29, 0.717) is 5.56 Å². The van der Waals surface area contributed by atoms with Gasteiger partial charge in [0.15, 0.2) is 11.4 Å². The van der Waals surface area contributed by atoms with Gasteiger partial charge in [-0.3, -0.25) is 4.79 Å². The summed E-state index contributed by atoms with van der Waals surface area (Å²) < 4.78 is 33.3. The number of hydrogen-bond donors (Lipinski definition) is 1. The van der Waals surface area contributed by atoms with Gasteiger partial charge in [0, 0.05) is 17.8 Å². The zero-order chi connectivity index (χ0) is 22.4. The second-order valence-corrected chi connectivity index (χ2v) is 6.13. The Kier molecular flexibility index (Phi) is 6.75. The van der Waals surface area contributed by atoms with Crippen molar-refractivity contribution in [1.82, 2.24) is 20.4 Å². The van der Waals surface area contributed by atoms with Gasteiger partial charge in [0.05, 0.1) is 13.7 Å². The molecular formula is C20H19FN4O6. The number of pyridine rings is 1. The minimum absolute atomic E-state index is 0.0908. The van der Waals surface area contributed by atoms with Crippen LogP contribution in [0.3, 0.4) is 0 Å². The molecule has 2 heterocycles. The summed E-state index contributed by atoms with van der Waals surface area (Å²) in [6, 6.07) is 6.28. The van der Waals surface area contributed by atoms with Crippen molar-refractivity contribution in [2.75, 3.05) is 13.7 Å². The number of carbonyl (C=O) groups is 2. The van der Waals surface area contributed by atoms with Gasteiger partial charge in [-0.1, -0.05) is 5.16 Å². The first-order valence-electron chi connectivity index (χ1n) is 9.21. The van der Waals surface area contributed by atoms with Crippen molar-refractivity contribution in [2.45, 2.75) is 19.9 Å². The number of aromatic nitrogens is 3. The highest BCUT2D eigenvalue weighted by Gasteiger charge is 2.25. The van der Waals surface area contributed by atoms with E-state index in [2.05, 4.69) is 20.4 Å². The Morgan fingerprint density at radius 2 is 1.97 bits per heavy atom. The van der Waals surface area contributed by atoms with Crippen molar-refractivity contribution in [3.8, 4) is 22.9 Å². The van der Waals surface area contributed by atoms with Crippen LogP contribution in [0.4, 0.5) is 9.18 Å². The summed E-state index contributed by atoms with van der Waals surface area (Å²) in [6.45, 7) is 3.32. The lowest BCUT2D eigenvalue weighted by Crippen LogP contribution is -2.28. The van der Waals surface area contributed by atoms with Crippen LogP contribution in [-0.4, -0.2) is 40.9 Å². The average Bonchev–Trinajstić information content (AvgIpc) is 3.25. The van der Waals surface area contributed by atoms with E-state index >= 15 is 0 Å². The maximum atomic E-state index is 13.1. The fourth-order valence-electron chi connectivity index (χ4n) is 2.54. The fraction of sp³-hybridized carbons (Fsp3) is 0.250. The minimum Gasteiger partial charge on any atom is -0.493 e. The van der Waals surface area contributed by atoms with Gasteiger partial charge in [-0.15, -0.1) is 0 Å². The lowest BCUT2D eigenvalue weighted by atomic mass is 10.2. The number of benzene rings is 1. The molecule has 0 bridgehead atoms. The van der Waals surface area contributed by atoms with Gasteiger partial charge in [-0.05, 0) is 38.1 Å². The molecule has 0 saturated heterocycles. The topological polar surface area (TPSA) is 126 Å². The number of hydrogen-bond acceptors (Lipinski definition) is 9. The third kappa shape index (κ3) is 5.13. The highest BCUT2D eigenvalue weighted by atomic mass is 19.1. The molecule has 0 unspecified atom stereocenters. The molecule has 3 aromatic rings. The van der Waals surface area contributed by atoms with Crippen molar-refractivity contribution in [2.24, 2.45) is 0 Å². The number of nitrogens with one attached hydrogen (secondary N) is 1. The smallest absolute Gasteiger partial charge is 0.493 e. The van der Waals surface area contributed by atoms with E-state index in [0.717, 1.165) is 0 Å². The molecule has 0 radical (unpaired) electrons. The van der Waals surface area contributed by atoms with Crippen LogP contribution in [-0.2, 0) is 4.74 Å². The Balaban J connectivity index is 1.78. The predicted molar refractivity (Wildman–Crippen MR) is 104 cm³/mol. The third-order valence-electron chi connectivity index (χ3n) is 4.01. The van der Waals surface area contributed by atoms with Crippen LogP contribution < -0.4 is 14.8 Å². The van der Waals surface area contributed by atoms with Crippen LogP contribution in [0.1, 0.15) is 36.3 Å². The molecule has 3 rings (SSSR count). The predicted octanol–water partition coefficient (Wildman–Crippen LogP) is 3.31. The van der Waals surface area contributed by atoms with E-state index in [-0.39, 0.29) is 41.3 Å². The van der Waals surface area contributed by atoms with Gasteiger partial charge in [-0.2, -0.15) is 4.98 Å². The van der Waals surface area contributed by atoms with E-state index in [1.807, 2.05) is 0 Å². The van der Waals surface area contributed by atoms with E-state index in [1.54, 1.807) is 13.8 Å². The molecule has 1 N–H and O–H groups in total. The number of nitrogens with zero attached hydrogens (tertiary/aromatic N) is 3. The standard InChI is InChI=1S/C20H19FN4O6/c1-4-29-20(27)30-16-14(28-3)9-10-22-15(16)18(26)23-11(2)19-24-17(25-31-19)12-5-7-13(21)8-6-12/h5-11H,4H2,1-3H3,(H,23,26)/t11-/m0/s1. The Labute approximate surface area is 176 Å². The van der Waals surface area contributed by atoms with Crippen molar-refractivity contribution in [1.29, 1.82) is 0 Å². The van der Waals surface area contributed by atoms with Gasteiger partial charge in [-0.25, -0.2) is 14.2 Å². The molecule has 1 amide bonds. The van der Waals surface area contributed by atoms with Crippen LogP contribution in [0.5, 0.6) is 11.5 Å². The number of rotatable bonds is 7. The van der Waals surface area contributed by atoms with Gasteiger partial charge in [0.1, 0.15) is 11.9 Å². The van der Waals surface area contributed by atoms with Gasteiger partial charge in [0.2, 0.25) is 17.5 Å². The number of amides is 1. The molecule has 0 aliphatic heterocycles. The molecule has 0 fully saturated rings. The highest BCUT2D eigenvalue weighted by Crippen LogP contribution is 2.30. The first kappa shape index (κ1) is 21.7. The number of carbonyl (C=O) groups excluding carboxylic acids is 2. The van der Waals surface area contributed by atoms with Crippen LogP contribution in [0.15, 0.2) is 41.1 Å². The van der Waals surface area contributed by atoms with E-state index in [4.69, 9.17) is 18.7 Å². The van der Waals surface area contributed by atoms with Crippen molar-refractivity contribution < 1.29 is 32.7 Å². The molecule has 31 heavy (non-hydrogen) atoms. The number of methoxy groups -OCH3 is 1. The lowest BCUT2D eigenvalue weighted by molar-refractivity contribution is 0.0910. The maximum absolute atomic E-state index is 13.1. The number of halogens is 1. The van der Waals surface area contributed by atoms with E-state index < -0.39 is 18.1 Å². The molecule has 0 spiro atoms. The van der Waals surface area contributed by atoms with E-state index in [9.17, 15) is 14.0 Å². The van der Waals surface area contributed by atoms with Crippen LogP contribution in [0, 0.1) is 5.82 Å². The van der Waals surface area contributed by atoms with E-state index in [1.165, 1.54) is 43.6 Å². The molecule has 0 aliphatic rings. The third-order valence-corrected chi connectivity index (χ3v) is 4.01. The van der Waals surface area contributed by atoms with Gasteiger partial charge in [0.25, 0.3) is 5.91 Å². The molecule has 0 saturated carbocycles. The summed E-state index contributed by atoms with van der Waals surface area (Å²) >= 11 is 0.